The second-order valence-electron chi connectivity index (χ2n) is 4.59. The van der Waals surface area contributed by atoms with Crippen LogP contribution in [0.4, 0.5) is 14.6 Å². The number of para-hydroxylation sites is 1. The van der Waals surface area contributed by atoms with E-state index < -0.39 is 11.6 Å². The molecule has 1 aromatic heterocycles. The van der Waals surface area contributed by atoms with Crippen molar-refractivity contribution in [2.45, 2.75) is 6.61 Å². The Balaban J connectivity index is 1.86. The molecule has 5 heteroatoms. The second-order valence-corrected chi connectivity index (χ2v) is 4.59. The Bertz CT molecular complexity index is 805. The number of ether oxygens (including phenoxy) is 1. The van der Waals surface area contributed by atoms with Gasteiger partial charge >= 0.3 is 0 Å². The number of nitrogens with zero attached hydrogens (tertiary/aromatic N) is 1. The lowest BCUT2D eigenvalue weighted by molar-refractivity contribution is 0.290. The molecule has 0 aliphatic rings. The Morgan fingerprint density at radius 1 is 1.05 bits per heavy atom. The third kappa shape index (κ3) is 2.76. The van der Waals surface area contributed by atoms with Gasteiger partial charge in [-0.25, -0.2) is 13.8 Å². The van der Waals surface area contributed by atoms with Gasteiger partial charge in [0.25, 0.3) is 0 Å². The molecule has 106 valence electrons. The molecule has 0 atom stereocenters. The maximum absolute atomic E-state index is 13.5. The molecule has 2 N–H and O–H groups in total. The predicted octanol–water partition coefficient (Wildman–Crippen LogP) is 3.67. The highest BCUT2D eigenvalue weighted by Gasteiger charge is 2.08. The number of fused-ring (bicyclic) bond motifs is 1. The Kier molecular flexibility index (Phi) is 3.39. The Morgan fingerprint density at radius 2 is 1.86 bits per heavy atom. The van der Waals surface area contributed by atoms with Crippen molar-refractivity contribution >= 4 is 16.7 Å². The van der Waals surface area contributed by atoms with Gasteiger partial charge in [0.2, 0.25) is 0 Å². The molecule has 3 rings (SSSR count). The van der Waals surface area contributed by atoms with Crippen LogP contribution in [0.25, 0.3) is 10.9 Å². The zero-order valence-electron chi connectivity index (χ0n) is 11.0. The number of benzene rings is 2. The summed E-state index contributed by atoms with van der Waals surface area (Å²) in [6, 6.07) is 12.5. The Hall–Kier alpha value is -2.69. The van der Waals surface area contributed by atoms with Gasteiger partial charge in [0.05, 0.1) is 5.52 Å². The third-order valence-corrected chi connectivity index (χ3v) is 3.11. The van der Waals surface area contributed by atoms with Crippen LogP contribution in [-0.4, -0.2) is 4.98 Å². The second kappa shape index (κ2) is 5.36. The van der Waals surface area contributed by atoms with Crippen molar-refractivity contribution in [1.82, 2.24) is 4.98 Å². The first-order valence-corrected chi connectivity index (χ1v) is 6.35. The number of hydrogen-bond donors (Lipinski definition) is 1. The lowest BCUT2D eigenvalue weighted by Crippen LogP contribution is -2.03. The van der Waals surface area contributed by atoms with Crippen LogP contribution in [0.15, 0.2) is 48.5 Å². The summed E-state index contributed by atoms with van der Waals surface area (Å²) in [6.07, 6.45) is 0. The van der Waals surface area contributed by atoms with E-state index >= 15 is 0 Å². The molecule has 0 bridgehead atoms. The van der Waals surface area contributed by atoms with Gasteiger partial charge in [-0.3, -0.25) is 0 Å². The van der Waals surface area contributed by atoms with E-state index in [0.717, 1.165) is 23.0 Å². The first kappa shape index (κ1) is 13.3. The van der Waals surface area contributed by atoms with E-state index in [1.807, 2.05) is 30.3 Å². The lowest BCUT2D eigenvalue weighted by atomic mass is 10.1. The summed E-state index contributed by atoms with van der Waals surface area (Å²) in [7, 11) is 0. The summed E-state index contributed by atoms with van der Waals surface area (Å²) in [5.74, 6) is -1.09. The smallest absolute Gasteiger partial charge is 0.167 e. The van der Waals surface area contributed by atoms with Crippen LogP contribution in [-0.2, 0) is 6.61 Å². The number of anilines is 1. The van der Waals surface area contributed by atoms with Gasteiger partial charge in [-0.1, -0.05) is 18.2 Å². The molecular weight excluding hydrogens is 274 g/mol. The predicted molar refractivity (Wildman–Crippen MR) is 76.8 cm³/mol. The molecule has 0 unspecified atom stereocenters. The van der Waals surface area contributed by atoms with E-state index in [4.69, 9.17) is 10.5 Å². The summed E-state index contributed by atoms with van der Waals surface area (Å²) in [5.41, 5.74) is 7.30. The largest absolute Gasteiger partial charge is 0.486 e. The van der Waals surface area contributed by atoms with Crippen molar-refractivity contribution in [2.24, 2.45) is 0 Å². The molecule has 3 nitrogen and oxygen atoms in total. The van der Waals surface area contributed by atoms with Gasteiger partial charge in [-0.2, -0.15) is 0 Å². The topological polar surface area (TPSA) is 48.1 Å². The van der Waals surface area contributed by atoms with Crippen LogP contribution < -0.4 is 10.5 Å². The highest BCUT2D eigenvalue weighted by Crippen LogP contribution is 2.22. The van der Waals surface area contributed by atoms with Gasteiger partial charge in [-0.15, -0.1) is 0 Å². The van der Waals surface area contributed by atoms with E-state index in [2.05, 4.69) is 4.98 Å². The van der Waals surface area contributed by atoms with Crippen molar-refractivity contribution in [3.05, 3.63) is 65.7 Å². The van der Waals surface area contributed by atoms with Crippen LogP contribution in [0.3, 0.4) is 0 Å². The minimum absolute atomic E-state index is 0.0241. The van der Waals surface area contributed by atoms with Crippen LogP contribution >= 0.6 is 0 Å². The SMILES string of the molecule is Nc1nc2ccccc2cc1COc1ccc(F)cc1F. The normalized spacial score (nSPS) is 10.8. The molecule has 0 radical (unpaired) electrons. The van der Waals surface area contributed by atoms with Crippen molar-refractivity contribution in [3.63, 3.8) is 0 Å². The van der Waals surface area contributed by atoms with Crippen LogP contribution in [0, 0.1) is 11.6 Å². The zero-order chi connectivity index (χ0) is 14.8. The molecule has 0 spiro atoms. The fraction of sp³-hybridized carbons (Fsp3) is 0.0625. The standard InChI is InChI=1S/C16H12F2N2O/c17-12-5-6-15(13(18)8-12)21-9-11-7-10-3-1-2-4-14(10)20-16(11)19/h1-8H,9H2,(H2,19,20). The highest BCUT2D eigenvalue weighted by atomic mass is 19.1. The first-order valence-electron chi connectivity index (χ1n) is 6.35. The molecular formula is C16H12F2N2O. The maximum Gasteiger partial charge on any atom is 0.167 e. The first-order chi connectivity index (χ1) is 10.1. The average Bonchev–Trinajstić information content (AvgIpc) is 2.46. The third-order valence-electron chi connectivity index (χ3n) is 3.11. The number of nitrogen functional groups attached to an aromatic ring is 1. The fourth-order valence-corrected chi connectivity index (χ4v) is 2.04. The minimum Gasteiger partial charge on any atom is -0.486 e. The summed E-state index contributed by atoms with van der Waals surface area (Å²) in [4.78, 5) is 4.27. The molecule has 0 fully saturated rings. The maximum atomic E-state index is 13.5. The summed E-state index contributed by atoms with van der Waals surface area (Å²) >= 11 is 0. The van der Waals surface area contributed by atoms with Crippen LogP contribution in [0.2, 0.25) is 0 Å². The monoisotopic (exact) mass is 286 g/mol. The van der Waals surface area contributed by atoms with Gasteiger partial charge in [0.1, 0.15) is 18.2 Å². The van der Waals surface area contributed by atoms with Gasteiger partial charge < -0.3 is 10.5 Å². The van der Waals surface area contributed by atoms with Crippen molar-refractivity contribution < 1.29 is 13.5 Å². The molecule has 2 aromatic carbocycles. The summed E-state index contributed by atoms with van der Waals surface area (Å²) < 4.78 is 31.7. The van der Waals surface area contributed by atoms with Gasteiger partial charge in [-0.05, 0) is 24.3 Å². The van der Waals surface area contributed by atoms with E-state index in [9.17, 15) is 8.78 Å². The van der Waals surface area contributed by atoms with Gasteiger partial charge in [0, 0.05) is 17.0 Å². The molecule has 21 heavy (non-hydrogen) atoms. The Morgan fingerprint density at radius 3 is 2.67 bits per heavy atom. The van der Waals surface area contributed by atoms with E-state index in [1.54, 1.807) is 0 Å². The number of aromatic nitrogens is 1. The number of nitrogens with two attached hydrogens (primary N) is 1. The summed E-state index contributed by atoms with van der Waals surface area (Å²) in [5, 5.41) is 0.921. The lowest BCUT2D eigenvalue weighted by Gasteiger charge is -2.10. The number of hydrogen-bond acceptors (Lipinski definition) is 3. The fourth-order valence-electron chi connectivity index (χ4n) is 2.04. The molecule has 0 saturated heterocycles. The minimum atomic E-state index is -0.748. The van der Waals surface area contributed by atoms with E-state index in [1.165, 1.54) is 6.07 Å². The quantitative estimate of drug-likeness (QED) is 0.799. The Labute approximate surface area is 120 Å². The van der Waals surface area contributed by atoms with Crippen molar-refractivity contribution in [1.29, 1.82) is 0 Å². The summed E-state index contributed by atoms with van der Waals surface area (Å²) in [6.45, 7) is 0.0617. The highest BCUT2D eigenvalue weighted by molar-refractivity contribution is 5.81. The molecule has 0 aliphatic carbocycles. The molecule has 3 aromatic rings. The number of pyridine rings is 1. The zero-order valence-corrected chi connectivity index (χ0v) is 11.0. The average molecular weight is 286 g/mol. The number of rotatable bonds is 3. The van der Waals surface area contributed by atoms with Gasteiger partial charge in [0.15, 0.2) is 11.6 Å². The van der Waals surface area contributed by atoms with E-state index in [-0.39, 0.29) is 12.4 Å². The molecule has 0 aliphatic heterocycles. The molecule has 0 saturated carbocycles. The molecule has 1 heterocycles. The van der Waals surface area contributed by atoms with E-state index in [0.29, 0.717) is 11.4 Å². The number of halogens is 2. The van der Waals surface area contributed by atoms with Crippen LogP contribution in [0.1, 0.15) is 5.56 Å². The van der Waals surface area contributed by atoms with Crippen molar-refractivity contribution in [2.75, 3.05) is 5.73 Å². The molecule has 0 amide bonds. The van der Waals surface area contributed by atoms with Crippen molar-refractivity contribution in [3.8, 4) is 5.75 Å². The van der Waals surface area contributed by atoms with Crippen LogP contribution in [0.5, 0.6) is 5.75 Å².